The Bertz CT molecular complexity index is 616. The highest BCUT2D eigenvalue weighted by Gasteiger charge is 2.35. The summed E-state index contributed by atoms with van der Waals surface area (Å²) in [4.78, 5) is 12.1. The maximum Gasteiger partial charge on any atom is 0.287 e. The molecule has 0 bridgehead atoms. The molecule has 1 aliphatic rings. The van der Waals surface area contributed by atoms with E-state index in [1.165, 1.54) is 11.8 Å². The molecule has 0 spiro atoms. The van der Waals surface area contributed by atoms with E-state index in [0.29, 0.717) is 30.5 Å². The minimum atomic E-state index is -0.190. The summed E-state index contributed by atoms with van der Waals surface area (Å²) in [6.07, 6.45) is 3.23. The van der Waals surface area contributed by atoms with E-state index in [2.05, 4.69) is 5.32 Å². The second-order valence-electron chi connectivity index (χ2n) is 5.56. The molecule has 1 aromatic carbocycles. The topological polar surface area (TPSA) is 51.5 Å². The first-order valence-corrected chi connectivity index (χ1v) is 7.73. The normalized spacial score (nSPS) is 17.1. The fourth-order valence-electron chi connectivity index (χ4n) is 2.88. The number of hydrogen-bond donors (Lipinski definition) is 1. The molecule has 0 atom stereocenters. The summed E-state index contributed by atoms with van der Waals surface area (Å²) in [6, 6.07) is 11.2. The molecule has 2 heterocycles. The molecule has 3 rings (SSSR count). The van der Waals surface area contributed by atoms with E-state index in [4.69, 9.17) is 20.8 Å². The smallest absolute Gasteiger partial charge is 0.287 e. The van der Waals surface area contributed by atoms with E-state index in [9.17, 15) is 4.79 Å². The van der Waals surface area contributed by atoms with Crippen LogP contribution in [-0.4, -0.2) is 25.7 Å². The Hall–Kier alpha value is -1.78. The van der Waals surface area contributed by atoms with Gasteiger partial charge >= 0.3 is 0 Å². The highest BCUT2D eigenvalue weighted by Crippen LogP contribution is 2.35. The van der Waals surface area contributed by atoms with Crippen LogP contribution < -0.4 is 5.32 Å². The molecular weight excluding hydrogens is 302 g/mol. The van der Waals surface area contributed by atoms with Gasteiger partial charge in [0.1, 0.15) is 0 Å². The number of carbonyl (C=O) groups is 1. The summed E-state index contributed by atoms with van der Waals surface area (Å²) in [7, 11) is 0. The van der Waals surface area contributed by atoms with Gasteiger partial charge in [0.15, 0.2) is 5.76 Å². The summed E-state index contributed by atoms with van der Waals surface area (Å²) in [5, 5.41) is 3.70. The lowest BCUT2D eigenvalue weighted by atomic mass is 9.74. The Labute approximate surface area is 134 Å². The highest BCUT2D eigenvalue weighted by molar-refractivity contribution is 6.30. The van der Waals surface area contributed by atoms with Crippen LogP contribution in [0.15, 0.2) is 47.1 Å². The molecule has 5 heteroatoms. The quantitative estimate of drug-likeness (QED) is 0.939. The van der Waals surface area contributed by atoms with Crippen LogP contribution in [0.25, 0.3) is 0 Å². The number of nitrogens with one attached hydrogen (secondary N) is 1. The van der Waals surface area contributed by atoms with Gasteiger partial charge in [-0.25, -0.2) is 0 Å². The van der Waals surface area contributed by atoms with Crippen molar-refractivity contribution in [1.29, 1.82) is 0 Å². The summed E-state index contributed by atoms with van der Waals surface area (Å²) in [5.74, 6) is 0.142. The van der Waals surface area contributed by atoms with Crippen LogP contribution in [0, 0.1) is 0 Å². The zero-order chi connectivity index (χ0) is 15.4. The fourth-order valence-corrected chi connectivity index (χ4v) is 3.00. The van der Waals surface area contributed by atoms with Gasteiger partial charge in [-0.1, -0.05) is 23.7 Å². The number of carbonyl (C=O) groups excluding carboxylic acids is 1. The van der Waals surface area contributed by atoms with E-state index in [1.807, 2.05) is 24.3 Å². The second kappa shape index (κ2) is 6.55. The Morgan fingerprint density at radius 1 is 1.18 bits per heavy atom. The zero-order valence-electron chi connectivity index (χ0n) is 12.2. The van der Waals surface area contributed by atoms with Crippen molar-refractivity contribution in [1.82, 2.24) is 5.32 Å². The van der Waals surface area contributed by atoms with E-state index < -0.39 is 0 Å². The van der Waals surface area contributed by atoms with Crippen molar-refractivity contribution in [2.45, 2.75) is 18.3 Å². The third-order valence-corrected chi connectivity index (χ3v) is 4.49. The molecule has 0 radical (unpaired) electrons. The first-order chi connectivity index (χ1) is 10.7. The Morgan fingerprint density at radius 2 is 1.91 bits per heavy atom. The van der Waals surface area contributed by atoms with Crippen molar-refractivity contribution in [3.8, 4) is 0 Å². The van der Waals surface area contributed by atoms with Crippen LogP contribution in [-0.2, 0) is 10.2 Å². The van der Waals surface area contributed by atoms with Gasteiger partial charge in [-0.2, -0.15) is 0 Å². The molecule has 1 N–H and O–H groups in total. The summed E-state index contributed by atoms with van der Waals surface area (Å²) < 4.78 is 10.6. The number of benzene rings is 1. The van der Waals surface area contributed by atoms with Gasteiger partial charge in [0.05, 0.1) is 6.26 Å². The molecule has 4 nitrogen and oxygen atoms in total. The molecule has 1 fully saturated rings. The van der Waals surface area contributed by atoms with Gasteiger partial charge in [0, 0.05) is 30.2 Å². The highest BCUT2D eigenvalue weighted by atomic mass is 35.5. The Morgan fingerprint density at radius 3 is 2.55 bits per heavy atom. The third kappa shape index (κ3) is 3.18. The van der Waals surface area contributed by atoms with Crippen LogP contribution in [0.4, 0.5) is 0 Å². The number of hydrogen-bond acceptors (Lipinski definition) is 3. The number of rotatable bonds is 4. The Balaban J connectivity index is 1.77. The molecule has 1 saturated heterocycles. The minimum absolute atomic E-state index is 0.120. The standard InChI is InChI=1S/C17H18ClNO3/c18-14-5-3-13(4-6-14)17(7-10-21-11-8-17)12-19-16(20)15-2-1-9-22-15/h1-6,9H,7-8,10-12H2,(H,19,20). The van der Waals surface area contributed by atoms with Crippen LogP contribution >= 0.6 is 11.6 Å². The zero-order valence-corrected chi connectivity index (χ0v) is 12.9. The van der Waals surface area contributed by atoms with Crippen LogP contribution in [0.2, 0.25) is 5.02 Å². The van der Waals surface area contributed by atoms with Crippen molar-refractivity contribution in [2.24, 2.45) is 0 Å². The molecule has 1 aromatic heterocycles. The van der Waals surface area contributed by atoms with Gasteiger partial charge in [0.25, 0.3) is 5.91 Å². The van der Waals surface area contributed by atoms with Gasteiger partial charge in [-0.3, -0.25) is 4.79 Å². The van der Waals surface area contributed by atoms with Crippen LogP contribution in [0.3, 0.4) is 0 Å². The molecule has 116 valence electrons. The molecule has 1 amide bonds. The van der Waals surface area contributed by atoms with Gasteiger partial charge in [-0.15, -0.1) is 0 Å². The number of furan rings is 1. The maximum atomic E-state index is 12.1. The van der Waals surface area contributed by atoms with E-state index >= 15 is 0 Å². The molecule has 1 aliphatic heterocycles. The number of halogens is 1. The van der Waals surface area contributed by atoms with Crippen molar-refractivity contribution in [2.75, 3.05) is 19.8 Å². The average Bonchev–Trinajstić information content (AvgIpc) is 3.09. The summed E-state index contributed by atoms with van der Waals surface area (Å²) in [6.45, 7) is 1.94. The van der Waals surface area contributed by atoms with Gasteiger partial charge in [0.2, 0.25) is 0 Å². The van der Waals surface area contributed by atoms with Gasteiger partial charge < -0.3 is 14.5 Å². The monoisotopic (exact) mass is 319 g/mol. The largest absolute Gasteiger partial charge is 0.459 e. The van der Waals surface area contributed by atoms with E-state index in [-0.39, 0.29) is 11.3 Å². The summed E-state index contributed by atoms with van der Waals surface area (Å²) >= 11 is 5.98. The lowest BCUT2D eigenvalue weighted by Gasteiger charge is -2.37. The van der Waals surface area contributed by atoms with Crippen molar-refractivity contribution >= 4 is 17.5 Å². The lowest BCUT2D eigenvalue weighted by molar-refractivity contribution is 0.0484. The van der Waals surface area contributed by atoms with Crippen molar-refractivity contribution in [3.05, 3.63) is 59.0 Å². The lowest BCUT2D eigenvalue weighted by Crippen LogP contribution is -2.44. The molecule has 2 aromatic rings. The SMILES string of the molecule is O=C(NCC1(c2ccc(Cl)cc2)CCOCC1)c1ccco1. The van der Waals surface area contributed by atoms with Crippen molar-refractivity contribution < 1.29 is 13.9 Å². The predicted molar refractivity (Wildman–Crippen MR) is 84.2 cm³/mol. The average molecular weight is 320 g/mol. The second-order valence-corrected chi connectivity index (χ2v) is 6.00. The predicted octanol–water partition coefficient (Wildman–Crippen LogP) is 3.41. The third-order valence-electron chi connectivity index (χ3n) is 4.24. The van der Waals surface area contributed by atoms with Gasteiger partial charge in [-0.05, 0) is 42.7 Å². The first kappa shape index (κ1) is 15.1. The van der Waals surface area contributed by atoms with E-state index in [0.717, 1.165) is 12.8 Å². The summed E-state index contributed by atoms with van der Waals surface area (Å²) in [5.41, 5.74) is 1.06. The Kier molecular flexibility index (Phi) is 4.50. The fraction of sp³-hybridized carbons (Fsp3) is 0.353. The molecule has 22 heavy (non-hydrogen) atoms. The number of amides is 1. The molecule has 0 unspecified atom stereocenters. The maximum absolute atomic E-state index is 12.1. The first-order valence-electron chi connectivity index (χ1n) is 7.35. The molecular formula is C17H18ClNO3. The molecule has 0 saturated carbocycles. The van der Waals surface area contributed by atoms with Crippen molar-refractivity contribution in [3.63, 3.8) is 0 Å². The van der Waals surface area contributed by atoms with Crippen LogP contribution in [0.1, 0.15) is 29.0 Å². The molecule has 0 aliphatic carbocycles. The minimum Gasteiger partial charge on any atom is -0.459 e. The van der Waals surface area contributed by atoms with E-state index in [1.54, 1.807) is 12.1 Å². The van der Waals surface area contributed by atoms with Crippen LogP contribution in [0.5, 0.6) is 0 Å². The number of ether oxygens (including phenoxy) is 1.